The third kappa shape index (κ3) is 4.22. The molecule has 210 valence electrons. The Morgan fingerprint density at radius 2 is 0.844 bits per heavy atom. The highest BCUT2D eigenvalue weighted by molar-refractivity contribution is 6.22. The minimum absolute atomic E-state index is 0.867. The number of benzene rings is 8. The summed E-state index contributed by atoms with van der Waals surface area (Å²) in [4.78, 5) is 7.99. The highest BCUT2D eigenvalue weighted by Gasteiger charge is 2.19. The second-order valence-electron chi connectivity index (χ2n) is 11.7. The van der Waals surface area contributed by atoms with Crippen LogP contribution in [0.5, 0.6) is 0 Å². The van der Waals surface area contributed by atoms with Gasteiger partial charge in [0.15, 0.2) is 0 Å². The average molecular weight is 573 g/mol. The lowest BCUT2D eigenvalue weighted by Gasteiger charge is -2.19. The van der Waals surface area contributed by atoms with E-state index in [9.17, 15) is 0 Å². The molecule has 0 fully saturated rings. The van der Waals surface area contributed by atoms with Crippen LogP contribution in [-0.4, -0.2) is 9.97 Å². The number of aromatic nitrogens is 2. The number of hydrogen-bond acceptors (Lipinski definition) is 1. The number of fused-ring (bicyclic) bond motifs is 4. The van der Waals surface area contributed by atoms with Crippen molar-refractivity contribution in [2.75, 3.05) is 0 Å². The summed E-state index contributed by atoms with van der Waals surface area (Å²) < 4.78 is 0. The van der Waals surface area contributed by atoms with Gasteiger partial charge in [-0.15, -0.1) is 0 Å². The summed E-state index contributed by atoms with van der Waals surface area (Å²) in [6.45, 7) is 0. The Morgan fingerprint density at radius 1 is 0.378 bits per heavy atom. The maximum Gasteiger partial charge on any atom is 0.137 e. The van der Waals surface area contributed by atoms with Gasteiger partial charge in [0.1, 0.15) is 5.82 Å². The van der Waals surface area contributed by atoms with Crippen molar-refractivity contribution in [3.8, 4) is 44.8 Å². The van der Waals surface area contributed by atoms with E-state index in [1.807, 2.05) is 12.4 Å². The van der Waals surface area contributed by atoms with Gasteiger partial charge in [-0.1, -0.05) is 133 Å². The second kappa shape index (κ2) is 10.3. The Morgan fingerprint density at radius 3 is 1.40 bits per heavy atom. The zero-order valence-electron chi connectivity index (χ0n) is 24.5. The van der Waals surface area contributed by atoms with Gasteiger partial charge >= 0.3 is 0 Å². The van der Waals surface area contributed by atoms with Crippen LogP contribution in [0.2, 0.25) is 0 Å². The fraction of sp³-hybridized carbons (Fsp3) is 0. The molecule has 0 spiro atoms. The van der Waals surface area contributed by atoms with E-state index in [1.54, 1.807) is 0 Å². The van der Waals surface area contributed by atoms with Crippen LogP contribution in [0.15, 0.2) is 164 Å². The van der Waals surface area contributed by atoms with E-state index in [4.69, 9.17) is 0 Å². The van der Waals surface area contributed by atoms with Crippen molar-refractivity contribution < 1.29 is 0 Å². The Balaban J connectivity index is 1.34. The largest absolute Gasteiger partial charge is 0.345 e. The molecule has 0 aliphatic heterocycles. The average Bonchev–Trinajstić information content (AvgIpc) is 3.65. The fourth-order valence-corrected chi connectivity index (χ4v) is 7.01. The SMILES string of the molecule is c1ccc2cc(-c3cc(-c4c5ccccc5c(-c5ccc6ccccc6c5)c5ccccc45)ccc3-c3ncc[nH]3)ccc2c1. The molecular weight excluding hydrogens is 544 g/mol. The molecule has 45 heavy (non-hydrogen) atoms. The Labute approximate surface area is 261 Å². The van der Waals surface area contributed by atoms with Crippen LogP contribution in [0.25, 0.3) is 87.9 Å². The number of hydrogen-bond donors (Lipinski definition) is 1. The van der Waals surface area contributed by atoms with Gasteiger partial charge in [0.2, 0.25) is 0 Å². The van der Waals surface area contributed by atoms with Gasteiger partial charge < -0.3 is 4.98 Å². The Hall–Kier alpha value is -5.99. The highest BCUT2D eigenvalue weighted by atomic mass is 14.9. The van der Waals surface area contributed by atoms with Crippen molar-refractivity contribution in [2.24, 2.45) is 0 Å². The quantitative estimate of drug-likeness (QED) is 0.209. The molecule has 1 aromatic heterocycles. The summed E-state index contributed by atoms with van der Waals surface area (Å²) >= 11 is 0. The third-order valence-corrected chi connectivity index (χ3v) is 9.09. The van der Waals surface area contributed by atoms with Gasteiger partial charge in [-0.25, -0.2) is 4.98 Å². The maximum absolute atomic E-state index is 4.65. The molecule has 8 aromatic carbocycles. The minimum Gasteiger partial charge on any atom is -0.345 e. The molecular formula is C43H28N2. The number of nitrogens with one attached hydrogen (secondary N) is 1. The molecule has 0 aliphatic carbocycles. The molecule has 9 aromatic rings. The first-order chi connectivity index (χ1) is 22.3. The smallest absolute Gasteiger partial charge is 0.137 e. The number of imidazole rings is 1. The molecule has 0 atom stereocenters. The number of H-pyrrole nitrogens is 1. The van der Waals surface area contributed by atoms with Gasteiger partial charge in [-0.3, -0.25) is 0 Å². The van der Waals surface area contributed by atoms with Gasteiger partial charge in [-0.2, -0.15) is 0 Å². The Kier molecular flexibility index (Phi) is 5.85. The Bertz CT molecular complexity index is 2480. The predicted molar refractivity (Wildman–Crippen MR) is 190 cm³/mol. The summed E-state index contributed by atoms with van der Waals surface area (Å²) in [5.41, 5.74) is 8.35. The highest BCUT2D eigenvalue weighted by Crippen LogP contribution is 2.45. The van der Waals surface area contributed by atoms with Crippen molar-refractivity contribution in [3.05, 3.63) is 164 Å². The minimum atomic E-state index is 0.867. The van der Waals surface area contributed by atoms with Crippen LogP contribution >= 0.6 is 0 Å². The number of nitrogens with zero attached hydrogens (tertiary/aromatic N) is 1. The van der Waals surface area contributed by atoms with Gasteiger partial charge in [-0.05, 0) is 94.7 Å². The molecule has 1 N–H and O–H groups in total. The van der Waals surface area contributed by atoms with Crippen molar-refractivity contribution in [3.63, 3.8) is 0 Å². The molecule has 0 saturated carbocycles. The molecule has 0 aliphatic rings. The zero-order chi connectivity index (χ0) is 29.7. The van der Waals surface area contributed by atoms with Crippen LogP contribution in [-0.2, 0) is 0 Å². The monoisotopic (exact) mass is 572 g/mol. The van der Waals surface area contributed by atoms with Crippen molar-refractivity contribution in [1.82, 2.24) is 9.97 Å². The molecule has 0 amide bonds. The first-order valence-corrected chi connectivity index (χ1v) is 15.4. The third-order valence-electron chi connectivity index (χ3n) is 9.09. The number of aromatic amines is 1. The first-order valence-electron chi connectivity index (χ1n) is 15.4. The normalized spacial score (nSPS) is 11.6. The lowest BCUT2D eigenvalue weighted by atomic mass is 9.84. The van der Waals surface area contributed by atoms with E-state index in [0.29, 0.717) is 0 Å². The summed E-state index contributed by atoms with van der Waals surface area (Å²) in [6.07, 6.45) is 3.71. The molecule has 0 saturated heterocycles. The van der Waals surface area contributed by atoms with E-state index in [-0.39, 0.29) is 0 Å². The molecule has 2 heteroatoms. The van der Waals surface area contributed by atoms with Crippen LogP contribution in [0.4, 0.5) is 0 Å². The van der Waals surface area contributed by atoms with Crippen LogP contribution in [0.3, 0.4) is 0 Å². The molecule has 9 rings (SSSR count). The molecule has 0 bridgehead atoms. The van der Waals surface area contributed by atoms with Gasteiger partial charge in [0.25, 0.3) is 0 Å². The topological polar surface area (TPSA) is 28.7 Å². The van der Waals surface area contributed by atoms with Crippen molar-refractivity contribution in [1.29, 1.82) is 0 Å². The molecule has 2 nitrogen and oxygen atoms in total. The van der Waals surface area contributed by atoms with Crippen LogP contribution < -0.4 is 0 Å². The summed E-state index contributed by atoms with van der Waals surface area (Å²) in [5.74, 6) is 0.867. The summed E-state index contributed by atoms with van der Waals surface area (Å²) in [6, 6.07) is 55.3. The lowest BCUT2D eigenvalue weighted by molar-refractivity contribution is 1.31. The van der Waals surface area contributed by atoms with E-state index in [2.05, 4.69) is 162 Å². The van der Waals surface area contributed by atoms with E-state index >= 15 is 0 Å². The van der Waals surface area contributed by atoms with Crippen LogP contribution in [0, 0.1) is 0 Å². The fourth-order valence-electron chi connectivity index (χ4n) is 7.01. The van der Waals surface area contributed by atoms with Crippen molar-refractivity contribution >= 4 is 43.1 Å². The van der Waals surface area contributed by atoms with Crippen LogP contribution in [0.1, 0.15) is 0 Å². The van der Waals surface area contributed by atoms with E-state index in [0.717, 1.165) is 17.0 Å². The second-order valence-corrected chi connectivity index (χ2v) is 11.7. The number of rotatable bonds is 4. The van der Waals surface area contributed by atoms with Crippen molar-refractivity contribution in [2.45, 2.75) is 0 Å². The molecule has 1 heterocycles. The summed E-state index contributed by atoms with van der Waals surface area (Å²) in [7, 11) is 0. The maximum atomic E-state index is 4.65. The van der Waals surface area contributed by atoms with E-state index in [1.165, 1.54) is 70.9 Å². The summed E-state index contributed by atoms with van der Waals surface area (Å²) in [5, 5.41) is 9.96. The van der Waals surface area contributed by atoms with E-state index < -0.39 is 0 Å². The van der Waals surface area contributed by atoms with Gasteiger partial charge in [0, 0.05) is 18.0 Å². The predicted octanol–water partition coefficient (Wildman–Crippen LogP) is 11.7. The lowest BCUT2D eigenvalue weighted by Crippen LogP contribution is -1.93. The molecule has 0 unspecified atom stereocenters. The standard InChI is InChI=1S/C43H28N2/c1-3-11-30-25-32(19-17-28(30)9-1)40-27-34(21-22-39(40)43-44-23-24-45-43)42-37-15-7-5-13-35(37)41(36-14-6-8-16-38(36)42)33-20-18-29-10-2-4-12-31(29)26-33/h1-27H,(H,44,45). The van der Waals surface area contributed by atoms with Gasteiger partial charge in [0.05, 0.1) is 0 Å². The zero-order valence-corrected chi connectivity index (χ0v) is 24.5. The molecule has 0 radical (unpaired) electrons. The first kappa shape index (κ1) is 25.5.